The van der Waals surface area contributed by atoms with Gasteiger partial charge in [-0.05, 0) is 42.3 Å². The summed E-state index contributed by atoms with van der Waals surface area (Å²) in [6.07, 6.45) is -6.84. The summed E-state index contributed by atoms with van der Waals surface area (Å²) in [6, 6.07) is 9.81. The molecule has 0 atom stereocenters. The van der Waals surface area contributed by atoms with Crippen molar-refractivity contribution < 1.29 is 35.8 Å². The Kier molecular flexibility index (Phi) is 7.38. The Morgan fingerprint density at radius 1 is 1.11 bits per heavy atom. The van der Waals surface area contributed by atoms with Gasteiger partial charge in [-0.2, -0.15) is 14.0 Å². The van der Waals surface area contributed by atoms with Crippen molar-refractivity contribution in [1.82, 2.24) is 9.55 Å². The monoisotopic (exact) mass is 497 g/mol. The van der Waals surface area contributed by atoms with Crippen molar-refractivity contribution in [3.63, 3.8) is 0 Å². The predicted molar refractivity (Wildman–Crippen MR) is 111 cm³/mol. The molecule has 0 fully saturated rings. The first-order valence-corrected chi connectivity index (χ1v) is 9.89. The van der Waals surface area contributed by atoms with Crippen LogP contribution >= 0.6 is 0 Å². The van der Waals surface area contributed by atoms with Gasteiger partial charge in [-0.1, -0.05) is 12.1 Å². The maximum Gasteiger partial charge on any atom is 0.352 e. The van der Waals surface area contributed by atoms with E-state index in [-0.39, 0.29) is 17.7 Å². The number of benzene rings is 2. The Hall–Kier alpha value is -4.01. The summed E-state index contributed by atoms with van der Waals surface area (Å²) in [5.74, 6) is -6.46. The van der Waals surface area contributed by atoms with Gasteiger partial charge in [0, 0.05) is 0 Å². The summed E-state index contributed by atoms with van der Waals surface area (Å²) < 4.78 is 93.2. The lowest BCUT2D eigenvalue weighted by molar-refractivity contribution is -0.139. The molecule has 0 unspecified atom stereocenters. The van der Waals surface area contributed by atoms with Gasteiger partial charge >= 0.3 is 12.3 Å². The highest BCUT2D eigenvalue weighted by molar-refractivity contribution is 5.50. The first kappa shape index (κ1) is 25.6. The number of alkyl halides is 6. The predicted octanol–water partition coefficient (Wildman–Crippen LogP) is 5.57. The van der Waals surface area contributed by atoms with Crippen LogP contribution in [-0.2, 0) is 12.5 Å². The highest BCUT2D eigenvalue weighted by Gasteiger charge is 2.48. The van der Waals surface area contributed by atoms with Crippen LogP contribution in [0.25, 0.3) is 0 Å². The van der Waals surface area contributed by atoms with Crippen LogP contribution in [0.3, 0.4) is 0 Å². The minimum atomic E-state index is -4.92. The van der Waals surface area contributed by atoms with E-state index in [0.717, 1.165) is 16.7 Å². The second-order valence-electron chi connectivity index (χ2n) is 7.35. The zero-order valence-electron chi connectivity index (χ0n) is 18.2. The number of aromatic nitrogens is 2. The molecular weight excluding hydrogens is 480 g/mol. The van der Waals surface area contributed by atoms with Gasteiger partial charge in [0.25, 0.3) is 12.0 Å². The average molecular weight is 497 g/mol. The molecule has 0 bridgehead atoms. The maximum absolute atomic E-state index is 14.3. The van der Waals surface area contributed by atoms with E-state index in [1.165, 1.54) is 14.0 Å². The molecule has 0 aliphatic heterocycles. The molecule has 35 heavy (non-hydrogen) atoms. The lowest BCUT2D eigenvalue weighted by atomic mass is 10.1. The van der Waals surface area contributed by atoms with Crippen LogP contribution in [0.2, 0.25) is 0 Å². The van der Waals surface area contributed by atoms with Crippen molar-refractivity contribution >= 4 is 0 Å². The first-order valence-electron chi connectivity index (χ1n) is 9.89. The lowest BCUT2D eigenvalue weighted by Crippen LogP contribution is -2.32. The van der Waals surface area contributed by atoms with E-state index < -0.39 is 47.1 Å². The number of halogens is 6. The van der Waals surface area contributed by atoms with Gasteiger partial charge in [-0.25, -0.2) is 22.5 Å². The number of aryl methyl sites for hydroxylation is 1. The Bertz CT molecular complexity index is 1320. The van der Waals surface area contributed by atoms with E-state index in [0.29, 0.717) is 17.6 Å². The zero-order chi connectivity index (χ0) is 25.9. The minimum absolute atomic E-state index is 0.101. The van der Waals surface area contributed by atoms with E-state index in [9.17, 15) is 31.1 Å². The molecule has 12 heteroatoms. The molecule has 0 radical (unpaired) electrons. The van der Waals surface area contributed by atoms with Gasteiger partial charge in [-0.15, -0.1) is 0 Å². The number of rotatable bonds is 8. The lowest BCUT2D eigenvalue weighted by Gasteiger charge is -2.20. The Labute approximate surface area is 195 Å². The molecule has 0 spiro atoms. The van der Waals surface area contributed by atoms with Crippen molar-refractivity contribution in [2.24, 2.45) is 0 Å². The third kappa shape index (κ3) is 5.24. The smallest absolute Gasteiger partial charge is 0.352 e. The van der Waals surface area contributed by atoms with Crippen LogP contribution in [0.1, 0.15) is 34.4 Å². The molecule has 3 aromatic rings. The molecule has 0 N–H and O–H groups in total. The summed E-state index contributed by atoms with van der Waals surface area (Å²) in [7, 11) is 1.44. The molecule has 3 rings (SSSR count). The van der Waals surface area contributed by atoms with E-state index in [2.05, 4.69) is 4.98 Å². The molecule has 0 aliphatic carbocycles. The summed E-state index contributed by atoms with van der Waals surface area (Å²) in [6.45, 7) is 1.01. The van der Waals surface area contributed by atoms with Crippen molar-refractivity contribution in [3.8, 4) is 23.3 Å². The molecule has 0 amide bonds. The van der Waals surface area contributed by atoms with E-state index in [1.807, 2.05) is 0 Å². The topological polar surface area (TPSA) is 77.1 Å². The third-order valence-electron chi connectivity index (χ3n) is 4.97. The molecule has 0 aliphatic rings. The van der Waals surface area contributed by atoms with Gasteiger partial charge in [0.2, 0.25) is 5.75 Å². The number of hydrogen-bond donors (Lipinski definition) is 0. The van der Waals surface area contributed by atoms with Crippen molar-refractivity contribution in [3.05, 3.63) is 81.0 Å². The van der Waals surface area contributed by atoms with Crippen LogP contribution in [0.4, 0.5) is 26.3 Å². The third-order valence-corrected chi connectivity index (χ3v) is 4.97. The standard InChI is InChI=1S/C23H17F6N3O3/c1-12-7-14(9-30)8-16(20(24)25)17(12)35-18-19(23(28,29)22(26)27)31-11-32(21(18)33)10-13-3-5-15(34-2)6-4-13/h3-8,11,20,22H,10H2,1-2H3. The molecule has 184 valence electrons. The fraction of sp³-hybridized carbons (Fsp3) is 0.261. The van der Waals surface area contributed by atoms with E-state index in [1.54, 1.807) is 30.3 Å². The normalized spacial score (nSPS) is 11.6. The van der Waals surface area contributed by atoms with Crippen molar-refractivity contribution in [2.75, 3.05) is 7.11 Å². The number of nitrogens with zero attached hydrogens (tertiary/aromatic N) is 3. The summed E-state index contributed by atoms with van der Waals surface area (Å²) in [5, 5.41) is 9.02. The highest BCUT2D eigenvalue weighted by Crippen LogP contribution is 2.41. The summed E-state index contributed by atoms with van der Waals surface area (Å²) >= 11 is 0. The fourth-order valence-electron chi connectivity index (χ4n) is 3.21. The molecule has 0 saturated heterocycles. The van der Waals surface area contributed by atoms with Gasteiger partial charge < -0.3 is 9.47 Å². The molecule has 1 aromatic heterocycles. The molecule has 6 nitrogen and oxygen atoms in total. The van der Waals surface area contributed by atoms with E-state index in [4.69, 9.17) is 14.7 Å². The molecule has 0 saturated carbocycles. The van der Waals surface area contributed by atoms with Crippen LogP contribution in [0.5, 0.6) is 17.2 Å². The largest absolute Gasteiger partial charge is 0.497 e. The first-order chi connectivity index (χ1) is 16.5. The number of hydrogen-bond acceptors (Lipinski definition) is 5. The Morgan fingerprint density at radius 2 is 1.77 bits per heavy atom. The second-order valence-corrected chi connectivity index (χ2v) is 7.35. The van der Waals surface area contributed by atoms with Crippen LogP contribution in [0, 0.1) is 18.3 Å². The quantitative estimate of drug-likeness (QED) is 0.381. The summed E-state index contributed by atoms with van der Waals surface area (Å²) in [4.78, 5) is 16.4. The highest BCUT2D eigenvalue weighted by atomic mass is 19.3. The minimum Gasteiger partial charge on any atom is -0.497 e. The van der Waals surface area contributed by atoms with Gasteiger partial charge in [0.1, 0.15) is 11.5 Å². The van der Waals surface area contributed by atoms with Gasteiger partial charge in [-0.3, -0.25) is 9.36 Å². The average Bonchev–Trinajstić information content (AvgIpc) is 2.82. The van der Waals surface area contributed by atoms with Crippen LogP contribution < -0.4 is 15.0 Å². The number of ether oxygens (including phenoxy) is 2. The number of methoxy groups -OCH3 is 1. The van der Waals surface area contributed by atoms with Gasteiger partial charge in [0.15, 0.2) is 5.69 Å². The maximum atomic E-state index is 14.3. The molecule has 1 heterocycles. The van der Waals surface area contributed by atoms with Crippen LogP contribution in [0.15, 0.2) is 47.5 Å². The Morgan fingerprint density at radius 3 is 2.31 bits per heavy atom. The molecular formula is C23H17F6N3O3. The van der Waals surface area contributed by atoms with E-state index >= 15 is 0 Å². The fourth-order valence-corrected chi connectivity index (χ4v) is 3.21. The summed E-state index contributed by atoms with van der Waals surface area (Å²) in [5.41, 5.74) is -3.65. The second kappa shape index (κ2) is 10.1. The zero-order valence-corrected chi connectivity index (χ0v) is 18.2. The van der Waals surface area contributed by atoms with Gasteiger partial charge in [0.05, 0.1) is 37.2 Å². The Balaban J connectivity index is 2.18. The molecule has 2 aromatic carbocycles. The number of nitriles is 1. The SMILES string of the molecule is COc1ccc(Cn2cnc(C(F)(F)C(F)F)c(Oc3c(C)cc(C#N)cc3C(F)F)c2=O)cc1. The van der Waals surface area contributed by atoms with Crippen molar-refractivity contribution in [1.29, 1.82) is 5.26 Å². The van der Waals surface area contributed by atoms with Crippen molar-refractivity contribution in [2.45, 2.75) is 32.2 Å². The van der Waals surface area contributed by atoms with Crippen LogP contribution in [-0.4, -0.2) is 23.1 Å².